The molecule has 8 nitrogen and oxygen atoms in total. The van der Waals surface area contributed by atoms with E-state index in [-0.39, 0.29) is 37.6 Å². The second-order valence-electron chi connectivity index (χ2n) is 9.08. The van der Waals surface area contributed by atoms with Crippen molar-refractivity contribution in [3.63, 3.8) is 0 Å². The van der Waals surface area contributed by atoms with Crippen LogP contribution >= 0.6 is 0 Å². The minimum atomic E-state index is -1.25. The minimum absolute atomic E-state index is 0.0544. The van der Waals surface area contributed by atoms with E-state index >= 15 is 0 Å². The van der Waals surface area contributed by atoms with Gasteiger partial charge in [-0.05, 0) is 33.1 Å². The molecule has 5 atom stereocenters. The third-order valence-corrected chi connectivity index (χ3v) is 7.11. The van der Waals surface area contributed by atoms with Crippen molar-refractivity contribution in [1.29, 1.82) is 0 Å². The number of esters is 1. The Morgan fingerprint density at radius 3 is 2.61 bits per heavy atom. The predicted molar refractivity (Wildman–Crippen MR) is 112 cm³/mol. The van der Waals surface area contributed by atoms with Gasteiger partial charge < -0.3 is 24.4 Å². The fourth-order valence-corrected chi connectivity index (χ4v) is 5.69. The molecule has 4 heterocycles. The number of aliphatic hydroxyl groups excluding tert-OH is 1. The molecule has 2 saturated heterocycles. The molecule has 0 aromatic heterocycles. The lowest BCUT2D eigenvalue weighted by molar-refractivity contribution is -0.162. The molecule has 1 N–H and O–H groups in total. The van der Waals surface area contributed by atoms with E-state index in [9.17, 15) is 19.5 Å². The summed E-state index contributed by atoms with van der Waals surface area (Å²) in [6.07, 6.45) is 8.96. The van der Waals surface area contributed by atoms with Gasteiger partial charge in [-0.25, -0.2) is 0 Å². The fraction of sp³-hybridized carbons (Fsp3) is 0.696. The largest absolute Gasteiger partial charge is 0.465 e. The standard InChI is InChI=1S/C23H32N2O6/c1-4-22-9-5-6-14-30-21(29)17(22)16-19(27)25(12-8-13-26)18-20(28)24(15(2)3)11-7-10-23(16,18)31-22/h5,7,9-10,15-18,26H,4,6,8,11-14H2,1-3H3/t16-,17+,18?,22-,23-/m0/s1. The monoisotopic (exact) mass is 432 g/mol. The predicted octanol–water partition coefficient (Wildman–Crippen LogP) is 1.04. The second kappa shape index (κ2) is 8.06. The molecule has 4 aliphatic heterocycles. The van der Waals surface area contributed by atoms with Crippen molar-refractivity contribution >= 4 is 17.8 Å². The van der Waals surface area contributed by atoms with Gasteiger partial charge in [0.15, 0.2) is 0 Å². The van der Waals surface area contributed by atoms with Crippen molar-refractivity contribution in [3.8, 4) is 0 Å². The fourth-order valence-electron chi connectivity index (χ4n) is 5.69. The lowest BCUT2D eigenvalue weighted by Crippen LogP contribution is -2.57. The number of ether oxygens (including phenoxy) is 2. The van der Waals surface area contributed by atoms with E-state index in [1.54, 1.807) is 4.90 Å². The number of nitrogens with zero attached hydrogens (tertiary/aromatic N) is 2. The van der Waals surface area contributed by atoms with Crippen molar-refractivity contribution < 1.29 is 29.0 Å². The maximum atomic E-state index is 13.8. The number of carbonyl (C=O) groups is 3. The average molecular weight is 433 g/mol. The number of hydrogen-bond donors (Lipinski definition) is 1. The molecule has 1 unspecified atom stereocenters. The molecular formula is C23H32N2O6. The van der Waals surface area contributed by atoms with Crippen LogP contribution in [0.3, 0.4) is 0 Å². The first-order chi connectivity index (χ1) is 14.8. The highest BCUT2D eigenvalue weighted by Gasteiger charge is 2.75. The highest BCUT2D eigenvalue weighted by atomic mass is 16.6. The Hall–Kier alpha value is -2.19. The summed E-state index contributed by atoms with van der Waals surface area (Å²) in [6, 6.07) is -0.934. The zero-order valence-corrected chi connectivity index (χ0v) is 18.5. The number of cyclic esters (lactones) is 1. The maximum Gasteiger partial charge on any atom is 0.313 e. The molecule has 2 amide bonds. The molecule has 2 fully saturated rings. The summed E-state index contributed by atoms with van der Waals surface area (Å²) in [7, 11) is 0. The number of amides is 2. The Kier molecular flexibility index (Phi) is 5.72. The SMILES string of the molecule is CC[C@]12C=CCCOC(=O)[C@H]1[C@H]1C(=O)N(CCCO)C3C(=O)N(C(C)C)CC=C[C@@]31O2. The first-order valence-corrected chi connectivity index (χ1v) is 11.3. The van der Waals surface area contributed by atoms with Crippen LogP contribution in [0, 0.1) is 11.8 Å². The van der Waals surface area contributed by atoms with Crippen LogP contribution in [0.1, 0.15) is 40.0 Å². The molecule has 8 heteroatoms. The van der Waals surface area contributed by atoms with Crippen LogP contribution in [0.25, 0.3) is 0 Å². The number of carbonyl (C=O) groups excluding carboxylic acids is 3. The van der Waals surface area contributed by atoms with Crippen LogP contribution in [0.5, 0.6) is 0 Å². The summed E-state index contributed by atoms with van der Waals surface area (Å²) in [5, 5.41) is 9.39. The average Bonchev–Trinajstić information content (AvgIpc) is 3.07. The second-order valence-corrected chi connectivity index (χ2v) is 9.08. The Labute approximate surface area is 182 Å². The van der Waals surface area contributed by atoms with Gasteiger partial charge in [0.1, 0.15) is 23.2 Å². The van der Waals surface area contributed by atoms with Crippen molar-refractivity contribution in [2.75, 3.05) is 26.3 Å². The van der Waals surface area contributed by atoms with Crippen LogP contribution in [0.4, 0.5) is 0 Å². The van der Waals surface area contributed by atoms with Crippen LogP contribution in [0.15, 0.2) is 24.3 Å². The van der Waals surface area contributed by atoms with Gasteiger partial charge in [-0.15, -0.1) is 0 Å². The molecule has 4 aliphatic rings. The molecule has 31 heavy (non-hydrogen) atoms. The van der Waals surface area contributed by atoms with Crippen LogP contribution in [-0.2, 0) is 23.9 Å². The van der Waals surface area contributed by atoms with E-state index in [1.807, 2.05) is 45.1 Å². The Morgan fingerprint density at radius 1 is 1.16 bits per heavy atom. The Balaban J connectivity index is 1.89. The highest BCUT2D eigenvalue weighted by Crippen LogP contribution is 2.58. The van der Waals surface area contributed by atoms with E-state index in [2.05, 4.69) is 0 Å². The molecule has 0 bridgehead atoms. The van der Waals surface area contributed by atoms with Gasteiger partial charge in [-0.2, -0.15) is 0 Å². The molecular weight excluding hydrogens is 400 g/mol. The normalized spacial score (nSPS) is 37.3. The first-order valence-electron chi connectivity index (χ1n) is 11.3. The highest BCUT2D eigenvalue weighted by molar-refractivity contribution is 5.99. The summed E-state index contributed by atoms with van der Waals surface area (Å²) < 4.78 is 12.2. The number of aliphatic hydroxyl groups is 1. The Morgan fingerprint density at radius 2 is 1.94 bits per heavy atom. The van der Waals surface area contributed by atoms with Gasteiger partial charge in [-0.1, -0.05) is 31.2 Å². The summed E-state index contributed by atoms with van der Waals surface area (Å²) >= 11 is 0. The minimum Gasteiger partial charge on any atom is -0.465 e. The molecule has 4 rings (SSSR count). The van der Waals surface area contributed by atoms with Gasteiger partial charge in [-0.3, -0.25) is 14.4 Å². The zero-order chi connectivity index (χ0) is 22.4. The maximum absolute atomic E-state index is 13.8. The van der Waals surface area contributed by atoms with Gasteiger partial charge in [0, 0.05) is 25.7 Å². The van der Waals surface area contributed by atoms with Crippen LogP contribution in [-0.4, -0.2) is 82.3 Å². The summed E-state index contributed by atoms with van der Waals surface area (Å²) in [6.45, 7) is 6.60. The van der Waals surface area contributed by atoms with Crippen molar-refractivity contribution in [1.82, 2.24) is 9.80 Å². The topological polar surface area (TPSA) is 96.4 Å². The molecule has 0 aromatic carbocycles. The lowest BCUT2D eigenvalue weighted by Gasteiger charge is -2.39. The smallest absolute Gasteiger partial charge is 0.313 e. The van der Waals surface area contributed by atoms with E-state index in [0.717, 1.165) is 0 Å². The van der Waals surface area contributed by atoms with Gasteiger partial charge in [0.05, 0.1) is 12.5 Å². The van der Waals surface area contributed by atoms with E-state index in [0.29, 0.717) is 25.8 Å². The quantitative estimate of drug-likeness (QED) is 0.515. The van der Waals surface area contributed by atoms with E-state index in [1.165, 1.54) is 4.90 Å². The van der Waals surface area contributed by atoms with Gasteiger partial charge >= 0.3 is 5.97 Å². The molecule has 170 valence electrons. The first kappa shape index (κ1) is 22.0. The van der Waals surface area contributed by atoms with Crippen molar-refractivity contribution in [2.45, 2.75) is 63.3 Å². The molecule has 0 saturated carbocycles. The molecule has 0 aromatic rings. The zero-order valence-electron chi connectivity index (χ0n) is 18.5. The molecule has 1 spiro atoms. The van der Waals surface area contributed by atoms with Crippen LogP contribution in [0.2, 0.25) is 0 Å². The van der Waals surface area contributed by atoms with E-state index < -0.39 is 35.0 Å². The van der Waals surface area contributed by atoms with Gasteiger partial charge in [0.25, 0.3) is 0 Å². The summed E-state index contributed by atoms with van der Waals surface area (Å²) in [4.78, 5) is 43.9. The van der Waals surface area contributed by atoms with Gasteiger partial charge in [0.2, 0.25) is 11.8 Å². The summed E-state index contributed by atoms with van der Waals surface area (Å²) in [5.41, 5.74) is -2.25. The lowest BCUT2D eigenvalue weighted by atomic mass is 9.73. The summed E-state index contributed by atoms with van der Waals surface area (Å²) in [5.74, 6) is -2.60. The van der Waals surface area contributed by atoms with Crippen LogP contribution < -0.4 is 0 Å². The number of rotatable bonds is 5. The number of likely N-dealkylation sites (tertiary alicyclic amines) is 1. The van der Waals surface area contributed by atoms with Crippen molar-refractivity contribution in [3.05, 3.63) is 24.3 Å². The Bertz CT molecular complexity index is 823. The molecule has 0 aliphatic carbocycles. The third kappa shape index (κ3) is 3.14. The molecule has 0 radical (unpaired) electrons. The van der Waals surface area contributed by atoms with Crippen molar-refractivity contribution in [2.24, 2.45) is 11.8 Å². The number of hydrogen-bond acceptors (Lipinski definition) is 6. The van der Waals surface area contributed by atoms with E-state index in [4.69, 9.17) is 9.47 Å². The number of fused-ring (bicyclic) bond motifs is 2. The third-order valence-electron chi connectivity index (χ3n) is 7.11.